The average molecular weight is 405 g/mol. The number of fused-ring (bicyclic) bond motifs is 1. The Kier molecular flexibility index (Phi) is 5.08. The zero-order valence-corrected chi connectivity index (χ0v) is 17.0. The molecule has 2 heterocycles. The van der Waals surface area contributed by atoms with E-state index in [9.17, 15) is 13.6 Å². The Balaban J connectivity index is 1.77. The minimum Gasteiger partial charge on any atom is -0.321 e. The van der Waals surface area contributed by atoms with Gasteiger partial charge in [0.2, 0.25) is 5.91 Å². The van der Waals surface area contributed by atoms with Crippen molar-refractivity contribution in [3.8, 4) is 11.3 Å². The van der Waals surface area contributed by atoms with E-state index in [1.54, 1.807) is 0 Å². The zero-order valence-electron chi connectivity index (χ0n) is 17.0. The van der Waals surface area contributed by atoms with Crippen molar-refractivity contribution in [2.75, 3.05) is 5.32 Å². The monoisotopic (exact) mass is 405 g/mol. The Bertz CT molecular complexity index is 1260. The molecule has 0 radical (unpaired) electrons. The topological polar surface area (TPSA) is 46.4 Å². The molecule has 30 heavy (non-hydrogen) atoms. The molecule has 0 atom stereocenters. The van der Waals surface area contributed by atoms with Crippen molar-refractivity contribution in [2.24, 2.45) is 0 Å². The number of hydrogen-bond donors (Lipinski definition) is 1. The fraction of sp³-hybridized carbons (Fsp3) is 0.167. The minimum atomic E-state index is -0.813. The Morgan fingerprint density at radius 1 is 1.00 bits per heavy atom. The number of carbonyl (C=O) groups is 1. The summed E-state index contributed by atoms with van der Waals surface area (Å²) in [5.74, 6) is -2.15. The number of imidazole rings is 1. The van der Waals surface area contributed by atoms with Gasteiger partial charge in [-0.1, -0.05) is 18.2 Å². The van der Waals surface area contributed by atoms with Crippen molar-refractivity contribution >= 4 is 17.2 Å². The van der Waals surface area contributed by atoms with Crippen LogP contribution in [0.4, 0.5) is 14.5 Å². The third-order valence-electron chi connectivity index (χ3n) is 5.22. The molecule has 0 spiro atoms. The number of hydrogen-bond acceptors (Lipinski definition) is 2. The number of nitrogens with zero attached hydrogens (tertiary/aromatic N) is 2. The highest BCUT2D eigenvalue weighted by molar-refractivity contribution is 5.93. The van der Waals surface area contributed by atoms with Gasteiger partial charge in [-0.25, -0.2) is 13.8 Å². The van der Waals surface area contributed by atoms with Gasteiger partial charge in [0.15, 0.2) is 0 Å². The molecule has 0 saturated heterocycles. The lowest BCUT2D eigenvalue weighted by molar-refractivity contribution is -0.115. The number of para-hydroxylation sites is 1. The van der Waals surface area contributed by atoms with Crippen LogP contribution in [0.2, 0.25) is 0 Å². The van der Waals surface area contributed by atoms with Crippen LogP contribution in [-0.2, 0) is 11.2 Å². The van der Waals surface area contributed by atoms with Crippen LogP contribution in [0.3, 0.4) is 0 Å². The van der Waals surface area contributed by atoms with Gasteiger partial charge in [0.25, 0.3) is 0 Å². The van der Waals surface area contributed by atoms with Gasteiger partial charge in [-0.05, 0) is 67.8 Å². The summed E-state index contributed by atoms with van der Waals surface area (Å²) < 4.78 is 29.7. The second-order valence-electron chi connectivity index (χ2n) is 7.46. The lowest BCUT2D eigenvalue weighted by Gasteiger charge is -2.10. The molecule has 4 aromatic rings. The van der Waals surface area contributed by atoms with E-state index in [1.807, 2.05) is 61.7 Å². The second kappa shape index (κ2) is 7.71. The molecule has 1 amide bonds. The number of pyridine rings is 1. The number of aryl methyl sites for hydroxylation is 3. The molecule has 6 heteroatoms. The first kappa shape index (κ1) is 19.8. The Morgan fingerprint density at radius 2 is 1.73 bits per heavy atom. The predicted octanol–water partition coefficient (Wildman–Crippen LogP) is 5.39. The van der Waals surface area contributed by atoms with Crippen LogP contribution in [-0.4, -0.2) is 15.3 Å². The molecule has 0 saturated carbocycles. The molecule has 4 rings (SSSR count). The largest absolute Gasteiger partial charge is 0.321 e. The summed E-state index contributed by atoms with van der Waals surface area (Å²) in [5.41, 5.74) is 5.80. The maximum Gasteiger partial charge on any atom is 0.230 e. The molecular weight excluding hydrogens is 384 g/mol. The van der Waals surface area contributed by atoms with Gasteiger partial charge in [0.1, 0.15) is 23.0 Å². The van der Waals surface area contributed by atoms with Gasteiger partial charge in [-0.2, -0.15) is 0 Å². The summed E-state index contributed by atoms with van der Waals surface area (Å²) >= 11 is 0. The SMILES string of the molecule is Cc1ccn2c(CC(=O)Nc3c(F)cccc3F)c(-c3ccc(C)c(C)c3)nc2c1. The highest BCUT2D eigenvalue weighted by Gasteiger charge is 2.19. The molecule has 0 fully saturated rings. The first-order valence-corrected chi connectivity index (χ1v) is 9.62. The third kappa shape index (κ3) is 3.68. The van der Waals surface area contributed by atoms with Gasteiger partial charge >= 0.3 is 0 Å². The van der Waals surface area contributed by atoms with Crippen molar-refractivity contribution in [3.05, 3.63) is 88.7 Å². The standard InChI is InChI=1S/C24H21F2N3O/c1-14-9-10-29-20(13-22(30)28-24-18(25)5-4-6-19(24)26)23(27-21(29)11-14)17-8-7-15(2)16(3)12-17/h4-12H,13H2,1-3H3,(H,28,30). The number of aromatic nitrogens is 2. The summed E-state index contributed by atoms with van der Waals surface area (Å²) in [5, 5.41) is 2.36. The molecule has 2 aromatic carbocycles. The third-order valence-corrected chi connectivity index (χ3v) is 5.22. The van der Waals surface area contributed by atoms with E-state index in [0.717, 1.165) is 34.4 Å². The number of anilines is 1. The molecule has 1 N–H and O–H groups in total. The lowest BCUT2D eigenvalue weighted by atomic mass is 10.0. The molecule has 0 aliphatic carbocycles. The van der Waals surface area contributed by atoms with Crippen LogP contribution in [0.1, 0.15) is 22.4 Å². The van der Waals surface area contributed by atoms with E-state index in [-0.39, 0.29) is 6.42 Å². The summed E-state index contributed by atoms with van der Waals surface area (Å²) in [7, 11) is 0. The summed E-state index contributed by atoms with van der Waals surface area (Å²) in [6, 6.07) is 13.3. The van der Waals surface area contributed by atoms with Gasteiger partial charge < -0.3 is 9.72 Å². The van der Waals surface area contributed by atoms with Crippen LogP contribution in [0.15, 0.2) is 54.7 Å². The molecule has 2 aromatic heterocycles. The van der Waals surface area contributed by atoms with Crippen molar-refractivity contribution in [3.63, 3.8) is 0 Å². The van der Waals surface area contributed by atoms with Crippen LogP contribution >= 0.6 is 0 Å². The number of rotatable bonds is 4. The number of halogens is 2. The highest BCUT2D eigenvalue weighted by Crippen LogP contribution is 2.28. The fourth-order valence-corrected chi connectivity index (χ4v) is 3.44. The maximum absolute atomic E-state index is 13.9. The molecular formula is C24H21F2N3O. The van der Waals surface area contributed by atoms with Gasteiger partial charge in [0.05, 0.1) is 17.8 Å². The Hall–Kier alpha value is -3.54. The Morgan fingerprint density at radius 3 is 2.43 bits per heavy atom. The molecule has 0 aliphatic rings. The second-order valence-corrected chi connectivity index (χ2v) is 7.46. The highest BCUT2D eigenvalue weighted by atomic mass is 19.1. The summed E-state index contributed by atoms with van der Waals surface area (Å²) in [6.07, 6.45) is 1.77. The molecule has 0 unspecified atom stereocenters. The minimum absolute atomic E-state index is 0.0831. The maximum atomic E-state index is 13.9. The van der Waals surface area contributed by atoms with Crippen LogP contribution < -0.4 is 5.32 Å². The first-order chi connectivity index (χ1) is 14.3. The molecule has 0 aliphatic heterocycles. The number of amides is 1. The molecule has 0 bridgehead atoms. The van der Waals surface area contributed by atoms with E-state index < -0.39 is 23.2 Å². The molecule has 4 nitrogen and oxygen atoms in total. The quantitative estimate of drug-likeness (QED) is 0.495. The van der Waals surface area contributed by atoms with Crippen molar-refractivity contribution < 1.29 is 13.6 Å². The fourth-order valence-electron chi connectivity index (χ4n) is 3.44. The van der Waals surface area contributed by atoms with E-state index >= 15 is 0 Å². The van der Waals surface area contributed by atoms with Gasteiger partial charge in [-0.15, -0.1) is 0 Å². The average Bonchev–Trinajstić information content (AvgIpc) is 3.04. The van der Waals surface area contributed by atoms with E-state index in [4.69, 9.17) is 4.98 Å². The van der Waals surface area contributed by atoms with Crippen molar-refractivity contribution in [2.45, 2.75) is 27.2 Å². The molecule has 152 valence electrons. The zero-order chi connectivity index (χ0) is 21.4. The van der Waals surface area contributed by atoms with E-state index in [0.29, 0.717) is 17.0 Å². The number of benzene rings is 2. The summed E-state index contributed by atoms with van der Waals surface area (Å²) in [6.45, 7) is 6.02. The van der Waals surface area contributed by atoms with E-state index in [1.165, 1.54) is 6.07 Å². The smallest absolute Gasteiger partial charge is 0.230 e. The number of nitrogens with one attached hydrogen (secondary N) is 1. The Labute approximate surface area is 173 Å². The first-order valence-electron chi connectivity index (χ1n) is 9.62. The van der Waals surface area contributed by atoms with E-state index in [2.05, 4.69) is 5.32 Å². The normalized spacial score (nSPS) is 11.1. The van der Waals surface area contributed by atoms with Crippen molar-refractivity contribution in [1.29, 1.82) is 0 Å². The lowest BCUT2D eigenvalue weighted by Crippen LogP contribution is -2.18. The van der Waals surface area contributed by atoms with Crippen LogP contribution in [0.25, 0.3) is 16.9 Å². The predicted molar refractivity (Wildman–Crippen MR) is 114 cm³/mol. The van der Waals surface area contributed by atoms with Gasteiger partial charge in [-0.3, -0.25) is 4.79 Å². The van der Waals surface area contributed by atoms with Crippen LogP contribution in [0.5, 0.6) is 0 Å². The van der Waals surface area contributed by atoms with Crippen LogP contribution in [0, 0.1) is 32.4 Å². The van der Waals surface area contributed by atoms with Gasteiger partial charge in [0, 0.05) is 11.8 Å². The number of carbonyl (C=O) groups excluding carboxylic acids is 1. The van der Waals surface area contributed by atoms with Crippen molar-refractivity contribution in [1.82, 2.24) is 9.38 Å². The summed E-state index contributed by atoms with van der Waals surface area (Å²) in [4.78, 5) is 17.5.